The van der Waals surface area contributed by atoms with Gasteiger partial charge in [0, 0.05) is 17.4 Å². The molecule has 0 spiro atoms. The Morgan fingerprint density at radius 1 is 1.06 bits per heavy atom. The zero-order valence-corrected chi connectivity index (χ0v) is 12.6. The third-order valence-corrected chi connectivity index (χ3v) is 3.68. The first-order chi connectivity index (χ1) is 8.60. The third kappa shape index (κ3) is 4.41. The molecule has 2 heteroatoms. The zero-order chi connectivity index (χ0) is 13.5. The van der Waals surface area contributed by atoms with Crippen LogP contribution in [-0.4, -0.2) is 11.5 Å². The minimum atomic E-state index is 0.472. The highest BCUT2D eigenvalue weighted by atomic mass is 14.9. The summed E-state index contributed by atoms with van der Waals surface area (Å²) in [6.45, 7) is 11.9. The Bertz CT molecular complexity index is 336. The average molecular weight is 248 g/mol. The number of nitrogens with one attached hydrogen (secondary N) is 1. The molecule has 0 saturated carbocycles. The van der Waals surface area contributed by atoms with E-state index in [0.29, 0.717) is 6.04 Å². The Balaban J connectivity index is 2.88. The van der Waals surface area contributed by atoms with Crippen LogP contribution in [0.3, 0.4) is 0 Å². The van der Waals surface area contributed by atoms with Gasteiger partial charge in [0.15, 0.2) is 0 Å². The summed E-state index contributed by atoms with van der Waals surface area (Å²) in [7, 11) is 0. The lowest BCUT2D eigenvalue weighted by atomic mass is 9.91. The van der Waals surface area contributed by atoms with Crippen molar-refractivity contribution in [1.29, 1.82) is 0 Å². The summed E-state index contributed by atoms with van der Waals surface area (Å²) in [4.78, 5) is 4.47. The summed E-state index contributed by atoms with van der Waals surface area (Å²) in [6, 6.07) is 4.92. The number of aromatic nitrogens is 1. The van der Waals surface area contributed by atoms with Gasteiger partial charge in [-0.1, -0.05) is 33.6 Å². The molecule has 1 aromatic heterocycles. The van der Waals surface area contributed by atoms with Crippen molar-refractivity contribution in [2.75, 3.05) is 6.54 Å². The molecule has 1 unspecified atom stereocenters. The van der Waals surface area contributed by atoms with Gasteiger partial charge in [0.25, 0.3) is 0 Å². The van der Waals surface area contributed by atoms with Crippen LogP contribution in [0.15, 0.2) is 12.1 Å². The van der Waals surface area contributed by atoms with Crippen LogP contribution in [0.2, 0.25) is 0 Å². The van der Waals surface area contributed by atoms with E-state index in [9.17, 15) is 0 Å². The van der Waals surface area contributed by atoms with Crippen molar-refractivity contribution in [2.45, 2.75) is 59.9 Å². The van der Waals surface area contributed by atoms with E-state index in [1.165, 1.54) is 24.8 Å². The lowest BCUT2D eigenvalue weighted by molar-refractivity contribution is 0.375. The second kappa shape index (κ2) is 7.52. The van der Waals surface area contributed by atoms with E-state index in [2.05, 4.69) is 57.1 Å². The van der Waals surface area contributed by atoms with Gasteiger partial charge < -0.3 is 5.32 Å². The molecular weight excluding hydrogens is 220 g/mol. The molecule has 0 aliphatic rings. The molecular formula is C16H28N2. The highest BCUT2D eigenvalue weighted by Gasteiger charge is 2.16. The van der Waals surface area contributed by atoms with E-state index in [1.807, 2.05) is 0 Å². The van der Waals surface area contributed by atoms with E-state index >= 15 is 0 Å². The minimum Gasteiger partial charge on any atom is -0.310 e. The standard InChI is InChI=1S/C16H28N2/c1-6-14(7-2)11-16(17-8-3)15-9-12(4)18-13(5)10-15/h9-10,14,16-17H,6-8,11H2,1-5H3. The second-order valence-corrected chi connectivity index (χ2v) is 5.21. The van der Waals surface area contributed by atoms with Gasteiger partial charge in [-0.25, -0.2) is 0 Å². The van der Waals surface area contributed by atoms with E-state index < -0.39 is 0 Å². The molecule has 0 saturated heterocycles. The van der Waals surface area contributed by atoms with Crippen LogP contribution in [0.25, 0.3) is 0 Å². The molecule has 0 fully saturated rings. The maximum absolute atomic E-state index is 4.47. The van der Waals surface area contributed by atoms with Gasteiger partial charge in [0.1, 0.15) is 0 Å². The molecule has 1 heterocycles. The smallest absolute Gasteiger partial charge is 0.0379 e. The molecule has 0 radical (unpaired) electrons. The number of pyridine rings is 1. The predicted molar refractivity (Wildman–Crippen MR) is 78.8 cm³/mol. The summed E-state index contributed by atoms with van der Waals surface area (Å²) in [5, 5.41) is 3.62. The fourth-order valence-electron chi connectivity index (χ4n) is 2.61. The van der Waals surface area contributed by atoms with Crippen molar-refractivity contribution >= 4 is 0 Å². The van der Waals surface area contributed by atoms with Gasteiger partial charge >= 0.3 is 0 Å². The molecule has 1 atom stereocenters. The highest BCUT2D eigenvalue weighted by molar-refractivity contribution is 5.23. The van der Waals surface area contributed by atoms with Crippen molar-refractivity contribution in [3.05, 3.63) is 29.1 Å². The quantitative estimate of drug-likeness (QED) is 0.783. The highest BCUT2D eigenvalue weighted by Crippen LogP contribution is 2.26. The van der Waals surface area contributed by atoms with Crippen LogP contribution in [0.4, 0.5) is 0 Å². The molecule has 1 rings (SSSR count). The van der Waals surface area contributed by atoms with Crippen molar-refractivity contribution < 1.29 is 0 Å². The van der Waals surface area contributed by atoms with Gasteiger partial charge in [-0.15, -0.1) is 0 Å². The molecule has 102 valence electrons. The Morgan fingerprint density at radius 2 is 1.61 bits per heavy atom. The first kappa shape index (κ1) is 15.2. The molecule has 1 aromatic rings. The van der Waals surface area contributed by atoms with Crippen molar-refractivity contribution in [3.8, 4) is 0 Å². The molecule has 0 amide bonds. The Labute approximate surface area is 112 Å². The monoisotopic (exact) mass is 248 g/mol. The van der Waals surface area contributed by atoms with Crippen LogP contribution in [0.5, 0.6) is 0 Å². The lowest BCUT2D eigenvalue weighted by Gasteiger charge is -2.23. The predicted octanol–water partition coefficient (Wildman–Crippen LogP) is 4.18. The van der Waals surface area contributed by atoms with E-state index in [4.69, 9.17) is 0 Å². The number of hydrogen-bond donors (Lipinski definition) is 1. The van der Waals surface area contributed by atoms with Crippen LogP contribution in [0, 0.1) is 19.8 Å². The Morgan fingerprint density at radius 3 is 2.06 bits per heavy atom. The number of aryl methyl sites for hydroxylation is 2. The van der Waals surface area contributed by atoms with E-state index in [-0.39, 0.29) is 0 Å². The van der Waals surface area contributed by atoms with Gasteiger partial charge in [0.2, 0.25) is 0 Å². The Kier molecular flexibility index (Phi) is 6.34. The van der Waals surface area contributed by atoms with Gasteiger partial charge in [-0.05, 0) is 50.4 Å². The summed E-state index contributed by atoms with van der Waals surface area (Å²) >= 11 is 0. The van der Waals surface area contributed by atoms with E-state index in [0.717, 1.165) is 23.9 Å². The van der Waals surface area contributed by atoms with Crippen LogP contribution < -0.4 is 5.32 Å². The number of rotatable bonds is 7. The van der Waals surface area contributed by atoms with Crippen molar-refractivity contribution in [1.82, 2.24) is 10.3 Å². The molecule has 2 nitrogen and oxygen atoms in total. The van der Waals surface area contributed by atoms with E-state index in [1.54, 1.807) is 0 Å². The molecule has 0 aromatic carbocycles. The molecule has 18 heavy (non-hydrogen) atoms. The minimum absolute atomic E-state index is 0.472. The number of nitrogens with zero attached hydrogens (tertiary/aromatic N) is 1. The normalized spacial score (nSPS) is 13.0. The van der Waals surface area contributed by atoms with Crippen LogP contribution >= 0.6 is 0 Å². The third-order valence-electron chi connectivity index (χ3n) is 3.68. The van der Waals surface area contributed by atoms with Crippen LogP contribution in [-0.2, 0) is 0 Å². The first-order valence-corrected chi connectivity index (χ1v) is 7.29. The second-order valence-electron chi connectivity index (χ2n) is 5.21. The fraction of sp³-hybridized carbons (Fsp3) is 0.688. The first-order valence-electron chi connectivity index (χ1n) is 7.29. The maximum atomic E-state index is 4.47. The Hall–Kier alpha value is -0.890. The summed E-state index contributed by atoms with van der Waals surface area (Å²) in [5.74, 6) is 0.808. The molecule has 1 N–H and O–H groups in total. The SMILES string of the molecule is CCNC(CC(CC)CC)c1cc(C)nc(C)c1. The summed E-state index contributed by atoms with van der Waals surface area (Å²) in [6.07, 6.45) is 3.76. The van der Waals surface area contributed by atoms with Gasteiger partial charge in [-0.3, -0.25) is 4.98 Å². The van der Waals surface area contributed by atoms with Gasteiger partial charge in [-0.2, -0.15) is 0 Å². The fourth-order valence-corrected chi connectivity index (χ4v) is 2.61. The molecule has 0 aliphatic heterocycles. The average Bonchev–Trinajstić information content (AvgIpc) is 2.33. The molecule has 0 aliphatic carbocycles. The van der Waals surface area contributed by atoms with Gasteiger partial charge in [0.05, 0.1) is 0 Å². The van der Waals surface area contributed by atoms with Crippen molar-refractivity contribution in [2.24, 2.45) is 5.92 Å². The summed E-state index contributed by atoms with van der Waals surface area (Å²) < 4.78 is 0. The maximum Gasteiger partial charge on any atom is 0.0379 e. The van der Waals surface area contributed by atoms with Crippen molar-refractivity contribution in [3.63, 3.8) is 0 Å². The molecule has 0 bridgehead atoms. The van der Waals surface area contributed by atoms with Crippen LogP contribution in [0.1, 0.15) is 63.0 Å². The lowest BCUT2D eigenvalue weighted by Crippen LogP contribution is -2.23. The summed E-state index contributed by atoms with van der Waals surface area (Å²) in [5.41, 5.74) is 3.64. The number of hydrogen-bond acceptors (Lipinski definition) is 2. The zero-order valence-electron chi connectivity index (χ0n) is 12.6. The topological polar surface area (TPSA) is 24.9 Å². The largest absolute Gasteiger partial charge is 0.310 e.